The van der Waals surface area contributed by atoms with Gasteiger partial charge in [-0.3, -0.25) is 4.79 Å². The van der Waals surface area contributed by atoms with Gasteiger partial charge >= 0.3 is 0 Å². The number of primary amides is 1. The SMILES string of the molecule is N#Cc1ncc(-c2cnc3[nH]cc(/C=C/C(N)=O)c3c2)cc1Cl. The van der Waals surface area contributed by atoms with Crippen LogP contribution in [0.25, 0.3) is 28.2 Å². The van der Waals surface area contributed by atoms with E-state index in [-0.39, 0.29) is 10.7 Å². The number of halogens is 1. The van der Waals surface area contributed by atoms with Gasteiger partial charge in [-0.25, -0.2) is 9.97 Å². The maximum Gasteiger partial charge on any atom is 0.241 e. The molecule has 112 valence electrons. The number of aromatic nitrogens is 3. The predicted molar refractivity (Wildman–Crippen MR) is 87.3 cm³/mol. The molecule has 3 aromatic heterocycles. The molecule has 0 aliphatic heterocycles. The van der Waals surface area contributed by atoms with Gasteiger partial charge in [-0.05, 0) is 18.2 Å². The fourth-order valence-electron chi connectivity index (χ4n) is 2.17. The highest BCUT2D eigenvalue weighted by Crippen LogP contribution is 2.27. The molecule has 1 amide bonds. The molecule has 0 radical (unpaired) electrons. The second-order valence-electron chi connectivity index (χ2n) is 4.77. The summed E-state index contributed by atoms with van der Waals surface area (Å²) in [5.74, 6) is -0.522. The van der Waals surface area contributed by atoms with Crippen molar-refractivity contribution in [3.63, 3.8) is 0 Å². The first-order valence-electron chi connectivity index (χ1n) is 6.59. The Labute approximate surface area is 136 Å². The van der Waals surface area contributed by atoms with Gasteiger partial charge in [0.05, 0.1) is 5.02 Å². The van der Waals surface area contributed by atoms with Crippen LogP contribution in [0.3, 0.4) is 0 Å². The average Bonchev–Trinajstić information content (AvgIpc) is 2.95. The number of carbonyl (C=O) groups is 1. The highest BCUT2D eigenvalue weighted by molar-refractivity contribution is 6.31. The minimum Gasteiger partial charge on any atom is -0.366 e. The topological polar surface area (TPSA) is 108 Å². The van der Waals surface area contributed by atoms with Crippen LogP contribution in [0.15, 0.2) is 36.8 Å². The van der Waals surface area contributed by atoms with Crippen LogP contribution in [-0.2, 0) is 4.79 Å². The fraction of sp³-hybridized carbons (Fsp3) is 0. The van der Waals surface area contributed by atoms with E-state index in [0.717, 1.165) is 22.1 Å². The van der Waals surface area contributed by atoms with Crippen molar-refractivity contribution in [1.29, 1.82) is 5.26 Å². The van der Waals surface area contributed by atoms with Gasteiger partial charge in [-0.1, -0.05) is 11.6 Å². The lowest BCUT2D eigenvalue weighted by molar-refractivity contribution is -0.113. The first-order valence-corrected chi connectivity index (χ1v) is 6.97. The molecule has 0 aliphatic carbocycles. The highest BCUT2D eigenvalue weighted by atomic mass is 35.5. The zero-order valence-electron chi connectivity index (χ0n) is 11.7. The molecular weight excluding hydrogens is 314 g/mol. The van der Waals surface area contributed by atoms with E-state index in [0.29, 0.717) is 5.65 Å². The van der Waals surface area contributed by atoms with Crippen LogP contribution in [0.5, 0.6) is 0 Å². The van der Waals surface area contributed by atoms with Gasteiger partial charge in [0.15, 0.2) is 5.69 Å². The van der Waals surface area contributed by atoms with Crippen LogP contribution >= 0.6 is 11.6 Å². The molecular formula is C16H10ClN5O. The van der Waals surface area contributed by atoms with E-state index >= 15 is 0 Å². The number of nitrogens with zero attached hydrogens (tertiary/aromatic N) is 3. The predicted octanol–water partition coefficient (Wildman–Crippen LogP) is 2.65. The maximum absolute atomic E-state index is 10.9. The third-order valence-electron chi connectivity index (χ3n) is 3.27. The van der Waals surface area contributed by atoms with E-state index in [1.54, 1.807) is 30.7 Å². The molecule has 23 heavy (non-hydrogen) atoms. The number of rotatable bonds is 3. The molecule has 0 saturated carbocycles. The molecule has 0 atom stereocenters. The second-order valence-corrected chi connectivity index (χ2v) is 5.17. The number of nitrogens with two attached hydrogens (primary N) is 1. The fourth-order valence-corrected chi connectivity index (χ4v) is 2.38. The Balaban J connectivity index is 2.09. The number of hydrogen-bond donors (Lipinski definition) is 2. The zero-order valence-corrected chi connectivity index (χ0v) is 12.5. The number of nitriles is 1. The first kappa shape index (κ1) is 14.8. The summed E-state index contributed by atoms with van der Waals surface area (Å²) in [6, 6.07) is 5.49. The van der Waals surface area contributed by atoms with E-state index < -0.39 is 5.91 Å². The summed E-state index contributed by atoms with van der Waals surface area (Å²) in [5, 5.41) is 9.99. The number of amides is 1. The molecule has 0 aliphatic rings. The molecule has 3 aromatic rings. The van der Waals surface area contributed by atoms with Crippen LogP contribution in [0.1, 0.15) is 11.3 Å². The summed E-state index contributed by atoms with van der Waals surface area (Å²) in [5.41, 5.74) is 8.31. The lowest BCUT2D eigenvalue weighted by Gasteiger charge is -2.03. The van der Waals surface area contributed by atoms with E-state index in [9.17, 15) is 4.79 Å². The number of H-pyrrole nitrogens is 1. The number of hydrogen-bond acceptors (Lipinski definition) is 4. The summed E-state index contributed by atoms with van der Waals surface area (Å²) in [6.07, 6.45) is 7.90. The molecule has 6 nitrogen and oxygen atoms in total. The van der Waals surface area contributed by atoms with Crippen LogP contribution in [0, 0.1) is 11.3 Å². The maximum atomic E-state index is 10.9. The van der Waals surface area contributed by atoms with Crippen molar-refractivity contribution < 1.29 is 4.79 Å². The van der Waals surface area contributed by atoms with Gasteiger partial charge in [-0.15, -0.1) is 0 Å². The third-order valence-corrected chi connectivity index (χ3v) is 3.56. The number of aromatic amines is 1. The minimum absolute atomic E-state index is 0.177. The van der Waals surface area contributed by atoms with Crippen LogP contribution in [0.2, 0.25) is 5.02 Å². The molecule has 3 N–H and O–H groups in total. The average molecular weight is 324 g/mol. The summed E-state index contributed by atoms with van der Waals surface area (Å²) < 4.78 is 0. The number of pyridine rings is 2. The van der Waals surface area contributed by atoms with Crippen molar-refractivity contribution in [2.45, 2.75) is 0 Å². The smallest absolute Gasteiger partial charge is 0.241 e. The van der Waals surface area contributed by atoms with Crippen LogP contribution in [-0.4, -0.2) is 20.9 Å². The number of fused-ring (bicyclic) bond motifs is 1. The zero-order chi connectivity index (χ0) is 16.4. The van der Waals surface area contributed by atoms with Crippen molar-refractivity contribution in [2.75, 3.05) is 0 Å². The highest BCUT2D eigenvalue weighted by Gasteiger charge is 2.08. The van der Waals surface area contributed by atoms with E-state index in [2.05, 4.69) is 15.0 Å². The summed E-state index contributed by atoms with van der Waals surface area (Å²) in [4.78, 5) is 22.3. The van der Waals surface area contributed by atoms with Crippen LogP contribution in [0.4, 0.5) is 0 Å². The Hall–Kier alpha value is -3.17. The minimum atomic E-state index is -0.522. The van der Waals surface area contributed by atoms with Gasteiger partial charge in [0.2, 0.25) is 5.91 Å². The van der Waals surface area contributed by atoms with Gasteiger partial charge in [-0.2, -0.15) is 5.26 Å². The van der Waals surface area contributed by atoms with Crippen molar-refractivity contribution in [2.24, 2.45) is 5.73 Å². The Morgan fingerprint density at radius 1 is 1.30 bits per heavy atom. The standard InChI is InChI=1S/C16H10ClN5O/c17-13-4-11(7-20-14(13)5-18)10-3-12-9(1-2-15(19)23)6-21-16(12)22-8-10/h1-4,6-8H,(H2,19,23)(H,21,22)/b2-1+. The molecule has 0 fully saturated rings. The second kappa shape index (κ2) is 5.91. The summed E-state index contributed by atoms with van der Waals surface area (Å²) in [7, 11) is 0. The lowest BCUT2D eigenvalue weighted by Crippen LogP contribution is -2.04. The summed E-state index contributed by atoms with van der Waals surface area (Å²) in [6.45, 7) is 0. The van der Waals surface area contributed by atoms with Gasteiger partial charge in [0.25, 0.3) is 0 Å². The molecule has 0 spiro atoms. The number of carbonyl (C=O) groups excluding carboxylic acids is 1. The quantitative estimate of drug-likeness (QED) is 0.722. The molecule has 0 saturated heterocycles. The first-order chi connectivity index (χ1) is 11.1. The molecule has 0 aromatic carbocycles. The van der Waals surface area contributed by atoms with Crippen molar-refractivity contribution >= 4 is 34.6 Å². The van der Waals surface area contributed by atoms with E-state index in [4.69, 9.17) is 22.6 Å². The Kier molecular flexibility index (Phi) is 3.79. The van der Waals surface area contributed by atoms with E-state index in [1.807, 2.05) is 12.1 Å². The molecule has 3 rings (SSSR count). The molecule has 0 unspecified atom stereocenters. The normalized spacial score (nSPS) is 11.0. The Morgan fingerprint density at radius 2 is 2.04 bits per heavy atom. The molecule has 0 bridgehead atoms. The van der Waals surface area contributed by atoms with E-state index in [1.165, 1.54) is 6.08 Å². The Morgan fingerprint density at radius 3 is 2.74 bits per heavy atom. The molecule has 7 heteroatoms. The lowest BCUT2D eigenvalue weighted by atomic mass is 10.1. The van der Waals surface area contributed by atoms with Gasteiger partial charge < -0.3 is 10.7 Å². The Bertz CT molecular complexity index is 984. The van der Waals surface area contributed by atoms with Crippen LogP contribution < -0.4 is 5.73 Å². The van der Waals surface area contributed by atoms with Crippen molar-refractivity contribution in [1.82, 2.24) is 15.0 Å². The molecule has 3 heterocycles. The third kappa shape index (κ3) is 2.91. The van der Waals surface area contributed by atoms with Gasteiger partial charge in [0.1, 0.15) is 11.7 Å². The number of nitrogens with one attached hydrogen (secondary N) is 1. The van der Waals surface area contributed by atoms with Gasteiger partial charge in [0, 0.05) is 46.7 Å². The van der Waals surface area contributed by atoms with Crippen molar-refractivity contribution in [3.8, 4) is 17.2 Å². The largest absolute Gasteiger partial charge is 0.366 e. The monoisotopic (exact) mass is 323 g/mol. The summed E-state index contributed by atoms with van der Waals surface area (Å²) >= 11 is 6.02. The van der Waals surface area contributed by atoms with Crippen molar-refractivity contribution in [3.05, 3.63) is 53.1 Å².